The molecule has 1 unspecified atom stereocenters. The number of nitrogens with zero attached hydrogens (tertiary/aromatic N) is 2. The topological polar surface area (TPSA) is 82.0 Å². The van der Waals surface area contributed by atoms with Crippen LogP contribution in [0.5, 0.6) is 0 Å². The second-order valence-electron chi connectivity index (χ2n) is 7.51. The summed E-state index contributed by atoms with van der Waals surface area (Å²) in [6.07, 6.45) is 4.98. The molecule has 0 saturated carbocycles. The smallest absolute Gasteiger partial charge is 0.141 e. The molecule has 184 valence electrons. The maximum Gasteiger partial charge on any atom is 0.141 e. The van der Waals surface area contributed by atoms with Crippen LogP contribution in [0.4, 0.5) is 21.5 Å². The molecule has 2 N–H and O–H groups in total. The molecule has 2 aromatic carbocycles. The van der Waals surface area contributed by atoms with Crippen LogP contribution >= 0.6 is 23.8 Å². The average molecular weight is 508 g/mol. The maximum atomic E-state index is 13.5. The van der Waals surface area contributed by atoms with Gasteiger partial charge >= 0.3 is 0 Å². The van der Waals surface area contributed by atoms with E-state index in [0.29, 0.717) is 10.7 Å². The molecule has 34 heavy (non-hydrogen) atoms. The second kappa shape index (κ2) is 15.3. The van der Waals surface area contributed by atoms with Crippen molar-refractivity contribution in [1.29, 1.82) is 0 Å². The molecule has 0 aromatic heterocycles. The van der Waals surface area contributed by atoms with E-state index in [0.717, 1.165) is 61.3 Å². The van der Waals surface area contributed by atoms with Crippen LogP contribution in [0.15, 0.2) is 35.3 Å². The molecule has 1 saturated heterocycles. The first kappa shape index (κ1) is 29.4. The van der Waals surface area contributed by atoms with Gasteiger partial charge in [0.2, 0.25) is 0 Å². The predicted molar refractivity (Wildman–Crippen MR) is 143 cm³/mol. The molecule has 0 aliphatic carbocycles. The lowest BCUT2D eigenvalue weighted by molar-refractivity contribution is -0.0987. The van der Waals surface area contributed by atoms with Gasteiger partial charge in [-0.3, -0.25) is 4.99 Å². The monoisotopic (exact) mass is 507 g/mol. The maximum absolute atomic E-state index is 13.5. The number of aliphatic imine (C=N–C) groups is 1. The van der Waals surface area contributed by atoms with E-state index in [4.69, 9.17) is 33.4 Å². The molecule has 2 aromatic rings. The van der Waals surface area contributed by atoms with Gasteiger partial charge in [0.05, 0.1) is 16.8 Å². The minimum atomic E-state index is -0.467. The molecule has 1 fully saturated rings. The van der Waals surface area contributed by atoms with E-state index < -0.39 is 5.82 Å². The summed E-state index contributed by atoms with van der Waals surface area (Å²) in [7, 11) is 0. The van der Waals surface area contributed by atoms with E-state index >= 15 is 0 Å². The number of hydrogen-bond donors (Lipinski definition) is 2. The van der Waals surface area contributed by atoms with E-state index in [1.54, 1.807) is 6.07 Å². The van der Waals surface area contributed by atoms with Gasteiger partial charge < -0.3 is 24.9 Å². The number of aliphatic hydroxyl groups excluding tert-OH is 1. The van der Waals surface area contributed by atoms with Gasteiger partial charge in [-0.15, -0.1) is 0 Å². The van der Waals surface area contributed by atoms with Crippen LogP contribution in [0, 0.1) is 12.7 Å². The fourth-order valence-corrected chi connectivity index (χ4v) is 3.98. The number of carbonyl (C=O) groups excluding carboxylic acids is 2. The molecule has 1 heterocycles. The number of anilines is 2. The van der Waals surface area contributed by atoms with Crippen molar-refractivity contribution < 1.29 is 19.1 Å². The van der Waals surface area contributed by atoms with E-state index in [2.05, 4.69) is 28.2 Å². The van der Waals surface area contributed by atoms with Crippen LogP contribution < -0.4 is 10.2 Å². The third-order valence-electron chi connectivity index (χ3n) is 5.24. The number of rotatable bonds is 5. The molecule has 1 aliphatic heterocycles. The molecule has 3 rings (SSSR count). The lowest BCUT2D eigenvalue weighted by Crippen LogP contribution is -2.26. The van der Waals surface area contributed by atoms with Gasteiger partial charge in [0.1, 0.15) is 24.4 Å². The minimum absolute atomic E-state index is 0.0451. The van der Waals surface area contributed by atoms with Crippen LogP contribution in [-0.2, 0) is 9.59 Å². The summed E-state index contributed by atoms with van der Waals surface area (Å²) < 4.78 is 13.5. The summed E-state index contributed by atoms with van der Waals surface area (Å²) in [6.45, 7) is 9.78. The number of aliphatic hydroxyl groups is 1. The third-order valence-corrected chi connectivity index (χ3v) is 5.87. The first-order valence-corrected chi connectivity index (χ1v) is 11.6. The summed E-state index contributed by atoms with van der Waals surface area (Å²) in [5.41, 5.74) is 4.50. The Morgan fingerprint density at radius 2 is 1.97 bits per heavy atom. The van der Waals surface area contributed by atoms with E-state index in [-0.39, 0.29) is 11.1 Å². The Balaban J connectivity index is 0.00000137. The molecular weight excluding hydrogens is 477 g/mol. The van der Waals surface area contributed by atoms with Gasteiger partial charge in [-0.05, 0) is 68.5 Å². The zero-order valence-electron chi connectivity index (χ0n) is 19.5. The molecule has 1 atom stereocenters. The van der Waals surface area contributed by atoms with Gasteiger partial charge in [0, 0.05) is 36.2 Å². The standard InChI is InChI=1S/C23H27ClFN3OS.2CH2O/c1-3-9-26-21-12-16(23(30)27-17-6-7-20(25)19(24)14-17)13-22(15(21)2)28-10-4-5-18(29)8-11-28;2*1-2/h6-7,9,12-14,18,29H,3-5,8,10-11H2,1-2H3,(H,27,30);2*1H2. The Hall–Kier alpha value is -2.68. The van der Waals surface area contributed by atoms with Crippen molar-refractivity contribution in [2.45, 2.75) is 45.6 Å². The summed E-state index contributed by atoms with van der Waals surface area (Å²) >= 11 is 11.5. The van der Waals surface area contributed by atoms with E-state index in [9.17, 15) is 9.50 Å². The number of carbonyl (C=O) groups is 2. The molecular formula is C25H31ClFN3O3S. The molecule has 6 nitrogen and oxygen atoms in total. The first-order chi connectivity index (χ1) is 16.4. The van der Waals surface area contributed by atoms with Crippen LogP contribution in [0.25, 0.3) is 0 Å². The summed E-state index contributed by atoms with van der Waals surface area (Å²) in [4.78, 5) is 23.5. The number of thiocarbonyl (C=S) groups is 1. The zero-order chi connectivity index (χ0) is 25.7. The lowest BCUT2D eigenvalue weighted by atomic mass is 10.1. The Kier molecular flexibility index (Phi) is 13.2. The summed E-state index contributed by atoms with van der Waals surface area (Å²) in [5.74, 6) is -0.467. The van der Waals surface area contributed by atoms with Crippen molar-refractivity contribution in [1.82, 2.24) is 0 Å². The van der Waals surface area contributed by atoms with E-state index in [1.165, 1.54) is 12.1 Å². The van der Waals surface area contributed by atoms with Gasteiger partial charge in [-0.25, -0.2) is 4.39 Å². The van der Waals surface area contributed by atoms with E-state index in [1.807, 2.05) is 32.8 Å². The second-order valence-corrected chi connectivity index (χ2v) is 8.33. The van der Waals surface area contributed by atoms with Crippen LogP contribution in [0.2, 0.25) is 5.02 Å². The lowest BCUT2D eigenvalue weighted by Gasteiger charge is -2.26. The Labute approximate surface area is 210 Å². The predicted octanol–water partition coefficient (Wildman–Crippen LogP) is 5.67. The van der Waals surface area contributed by atoms with Crippen LogP contribution in [0.3, 0.4) is 0 Å². The quantitative estimate of drug-likeness (QED) is 0.401. The highest BCUT2D eigenvalue weighted by Gasteiger charge is 2.19. The zero-order valence-corrected chi connectivity index (χ0v) is 21.1. The fraction of sp³-hybridized carbons (Fsp3) is 0.360. The molecule has 9 heteroatoms. The summed E-state index contributed by atoms with van der Waals surface area (Å²) in [5, 5.41) is 13.2. The third kappa shape index (κ3) is 8.27. The number of hydrogen-bond acceptors (Lipinski definition) is 6. The van der Waals surface area contributed by atoms with Crippen LogP contribution in [-0.4, -0.2) is 49.1 Å². The van der Waals surface area contributed by atoms with Crippen molar-refractivity contribution in [3.63, 3.8) is 0 Å². The Morgan fingerprint density at radius 1 is 1.26 bits per heavy atom. The summed E-state index contributed by atoms with van der Waals surface area (Å²) in [6, 6.07) is 8.48. The molecule has 1 aliphatic rings. The van der Waals surface area contributed by atoms with Gasteiger partial charge in [0.15, 0.2) is 0 Å². The first-order valence-electron chi connectivity index (χ1n) is 10.8. The highest BCUT2D eigenvalue weighted by Crippen LogP contribution is 2.33. The Morgan fingerprint density at radius 3 is 2.62 bits per heavy atom. The van der Waals surface area contributed by atoms with Crippen molar-refractivity contribution in [2.75, 3.05) is 23.3 Å². The number of halogens is 2. The number of nitrogens with one attached hydrogen (secondary N) is 1. The largest absolute Gasteiger partial charge is 0.393 e. The molecule has 0 amide bonds. The average Bonchev–Trinajstić information content (AvgIpc) is 3.07. The Bertz CT molecular complexity index is 988. The molecule has 0 bridgehead atoms. The van der Waals surface area contributed by atoms with Crippen LogP contribution in [0.1, 0.15) is 43.7 Å². The van der Waals surface area contributed by atoms with Crippen molar-refractivity contribution in [2.24, 2.45) is 4.99 Å². The molecule has 0 spiro atoms. The van der Waals surface area contributed by atoms with Gasteiger partial charge in [-0.2, -0.15) is 0 Å². The number of benzene rings is 2. The van der Waals surface area contributed by atoms with Crippen molar-refractivity contribution in [3.8, 4) is 0 Å². The minimum Gasteiger partial charge on any atom is -0.393 e. The highest BCUT2D eigenvalue weighted by molar-refractivity contribution is 7.81. The van der Waals surface area contributed by atoms with Gasteiger partial charge in [0.25, 0.3) is 0 Å². The highest BCUT2D eigenvalue weighted by atomic mass is 35.5. The normalized spacial score (nSPS) is 15.4. The molecule has 0 radical (unpaired) electrons. The SMILES string of the molecule is C=O.C=O.CCC=Nc1cc(C(=S)Nc2ccc(F)c(Cl)c2)cc(N2CCCC(O)CC2)c1C. The van der Waals surface area contributed by atoms with Crippen molar-refractivity contribution in [3.05, 3.63) is 52.3 Å². The van der Waals surface area contributed by atoms with Crippen molar-refractivity contribution >= 4 is 65.7 Å². The fourth-order valence-electron chi connectivity index (χ4n) is 3.56. The van der Waals surface area contributed by atoms with Gasteiger partial charge in [-0.1, -0.05) is 30.7 Å².